The Kier molecular flexibility index (Phi) is 4.10. The van der Waals surface area contributed by atoms with Gasteiger partial charge in [0.05, 0.1) is 4.92 Å². The van der Waals surface area contributed by atoms with E-state index in [9.17, 15) is 14.9 Å². The quantitative estimate of drug-likeness (QED) is 0.392. The second-order valence-corrected chi connectivity index (χ2v) is 3.95. The van der Waals surface area contributed by atoms with Crippen LogP contribution in [0.2, 0.25) is 0 Å². The number of nitrogens with one attached hydrogen (secondary N) is 1. The summed E-state index contributed by atoms with van der Waals surface area (Å²) in [6, 6.07) is 0. The first-order valence-electron chi connectivity index (χ1n) is 4.44. The minimum atomic E-state index is -0.539. The molecule has 1 N–H and O–H groups in total. The van der Waals surface area contributed by atoms with E-state index in [2.05, 4.69) is 15.3 Å². The molecule has 0 fully saturated rings. The number of nitro groups is 1. The van der Waals surface area contributed by atoms with Gasteiger partial charge in [0.25, 0.3) is 0 Å². The van der Waals surface area contributed by atoms with Gasteiger partial charge in [0, 0.05) is 6.42 Å². The summed E-state index contributed by atoms with van der Waals surface area (Å²) in [5, 5.41) is 13.1. The van der Waals surface area contributed by atoms with Crippen LogP contribution in [0.5, 0.6) is 0 Å². The van der Waals surface area contributed by atoms with Crippen molar-refractivity contribution in [2.75, 3.05) is 5.32 Å². The Labute approximate surface area is 105 Å². The molecule has 0 saturated carbocycles. The van der Waals surface area contributed by atoms with Gasteiger partial charge >= 0.3 is 5.69 Å². The van der Waals surface area contributed by atoms with Crippen LogP contribution in [0, 0.1) is 20.7 Å². The van der Waals surface area contributed by atoms with Crippen molar-refractivity contribution < 1.29 is 9.72 Å². The zero-order valence-corrected chi connectivity index (χ0v) is 10.8. The number of nitrogens with zero attached hydrogens (tertiary/aromatic N) is 3. The number of halogens is 1. The number of hydrogen-bond acceptors (Lipinski definition) is 5. The summed E-state index contributed by atoms with van der Waals surface area (Å²) >= 11 is 1.74. The van der Waals surface area contributed by atoms with Gasteiger partial charge in [-0.25, -0.2) is 4.98 Å². The Morgan fingerprint density at radius 3 is 2.62 bits per heavy atom. The summed E-state index contributed by atoms with van der Waals surface area (Å²) in [5.74, 6) is -0.136. The van der Waals surface area contributed by atoms with Crippen molar-refractivity contribution in [3.8, 4) is 0 Å². The van der Waals surface area contributed by atoms with E-state index in [1.807, 2.05) is 0 Å². The zero-order chi connectivity index (χ0) is 12.3. The van der Waals surface area contributed by atoms with Crippen molar-refractivity contribution >= 4 is 40.1 Å². The molecule has 8 heteroatoms. The minimum absolute atomic E-state index is 0.0966. The lowest BCUT2D eigenvalue weighted by molar-refractivity contribution is -0.387. The second kappa shape index (κ2) is 5.14. The highest BCUT2D eigenvalue weighted by Gasteiger charge is 2.20. The summed E-state index contributed by atoms with van der Waals surface area (Å²) in [5.41, 5.74) is 0.103. The summed E-state index contributed by atoms with van der Waals surface area (Å²) in [4.78, 5) is 28.9. The van der Waals surface area contributed by atoms with Gasteiger partial charge in [-0.2, -0.15) is 4.98 Å². The molecular weight excluding hydrogens is 327 g/mol. The molecule has 0 aliphatic heterocycles. The number of hydrogen-bond donors (Lipinski definition) is 1. The van der Waals surface area contributed by atoms with Crippen LogP contribution in [0.25, 0.3) is 0 Å². The molecule has 16 heavy (non-hydrogen) atoms. The predicted molar refractivity (Wildman–Crippen MR) is 65.1 cm³/mol. The summed E-state index contributed by atoms with van der Waals surface area (Å²) < 4.78 is 0.210. The molecule has 0 aromatic carbocycles. The molecule has 0 spiro atoms. The fourth-order valence-corrected chi connectivity index (χ4v) is 1.82. The molecule has 0 aliphatic carbocycles. The average Bonchev–Trinajstić information content (AvgIpc) is 2.15. The SMILES string of the molecule is CCC(=O)Nc1nc(C)c([N+](=O)[O-])c(I)n1. The molecule has 0 atom stereocenters. The lowest BCUT2D eigenvalue weighted by Crippen LogP contribution is -2.14. The Morgan fingerprint density at radius 2 is 2.19 bits per heavy atom. The van der Waals surface area contributed by atoms with E-state index in [1.54, 1.807) is 29.5 Å². The van der Waals surface area contributed by atoms with Crippen molar-refractivity contribution in [1.82, 2.24) is 9.97 Å². The minimum Gasteiger partial charge on any atom is -0.294 e. The molecule has 86 valence electrons. The standard InChI is InChI=1S/C8H9IN4O3/c1-3-5(14)11-8-10-4(2)6(13(15)16)7(9)12-8/h3H2,1-2H3,(H,10,11,12,14). The Morgan fingerprint density at radius 1 is 1.56 bits per heavy atom. The fraction of sp³-hybridized carbons (Fsp3) is 0.375. The molecule has 0 aliphatic rings. The Bertz CT molecular complexity index is 426. The van der Waals surface area contributed by atoms with E-state index in [0.29, 0.717) is 6.42 Å². The number of aryl methyl sites for hydroxylation is 1. The van der Waals surface area contributed by atoms with Crippen LogP contribution in [0.15, 0.2) is 0 Å². The topological polar surface area (TPSA) is 98.0 Å². The summed E-state index contributed by atoms with van der Waals surface area (Å²) in [6.45, 7) is 3.20. The zero-order valence-electron chi connectivity index (χ0n) is 8.65. The van der Waals surface area contributed by atoms with Crippen LogP contribution in [0.3, 0.4) is 0 Å². The lowest BCUT2D eigenvalue weighted by Gasteiger charge is -2.04. The van der Waals surface area contributed by atoms with Gasteiger partial charge < -0.3 is 0 Å². The van der Waals surface area contributed by atoms with Crippen molar-refractivity contribution in [2.45, 2.75) is 20.3 Å². The third-order valence-corrected chi connectivity index (χ3v) is 2.52. The lowest BCUT2D eigenvalue weighted by atomic mass is 10.4. The normalized spacial score (nSPS) is 9.94. The highest BCUT2D eigenvalue weighted by molar-refractivity contribution is 14.1. The maximum Gasteiger partial charge on any atom is 0.322 e. The molecule has 0 bridgehead atoms. The summed E-state index contributed by atoms with van der Waals surface area (Å²) in [7, 11) is 0. The molecule has 1 heterocycles. The Hall–Kier alpha value is -1.32. The van der Waals surface area contributed by atoms with E-state index in [4.69, 9.17) is 0 Å². The molecule has 1 rings (SSSR count). The number of aromatic nitrogens is 2. The van der Waals surface area contributed by atoms with Crippen LogP contribution in [0.4, 0.5) is 11.6 Å². The molecule has 1 aromatic rings. The number of rotatable bonds is 3. The highest BCUT2D eigenvalue weighted by atomic mass is 127. The van der Waals surface area contributed by atoms with Gasteiger partial charge in [-0.05, 0) is 29.5 Å². The van der Waals surface area contributed by atoms with Crippen LogP contribution >= 0.6 is 22.6 Å². The van der Waals surface area contributed by atoms with Crippen molar-refractivity contribution in [2.24, 2.45) is 0 Å². The maximum atomic E-state index is 11.1. The molecule has 1 aromatic heterocycles. The molecule has 0 radical (unpaired) electrons. The van der Waals surface area contributed by atoms with Gasteiger partial charge in [-0.3, -0.25) is 20.2 Å². The average molecular weight is 336 g/mol. The fourth-order valence-electron chi connectivity index (χ4n) is 1.01. The van der Waals surface area contributed by atoms with Gasteiger partial charge in [0.2, 0.25) is 11.9 Å². The molecule has 1 amide bonds. The van der Waals surface area contributed by atoms with E-state index in [0.717, 1.165) is 0 Å². The van der Waals surface area contributed by atoms with Crippen molar-refractivity contribution in [3.63, 3.8) is 0 Å². The largest absolute Gasteiger partial charge is 0.322 e. The van der Waals surface area contributed by atoms with Gasteiger partial charge in [-0.1, -0.05) is 6.92 Å². The maximum absolute atomic E-state index is 11.1. The number of carbonyl (C=O) groups excluding carboxylic acids is 1. The van der Waals surface area contributed by atoms with Crippen LogP contribution in [-0.4, -0.2) is 20.8 Å². The monoisotopic (exact) mass is 336 g/mol. The van der Waals surface area contributed by atoms with E-state index in [1.165, 1.54) is 6.92 Å². The number of carbonyl (C=O) groups is 1. The predicted octanol–water partition coefficient (Wildman–Crippen LogP) is 1.65. The smallest absolute Gasteiger partial charge is 0.294 e. The second-order valence-electron chi connectivity index (χ2n) is 2.93. The third kappa shape index (κ3) is 2.84. The van der Waals surface area contributed by atoms with E-state index in [-0.39, 0.29) is 26.9 Å². The first-order chi connectivity index (χ1) is 7.45. The van der Waals surface area contributed by atoms with Gasteiger partial charge in [0.1, 0.15) is 5.69 Å². The molecule has 7 nitrogen and oxygen atoms in total. The first-order valence-corrected chi connectivity index (χ1v) is 5.52. The van der Waals surface area contributed by atoms with Gasteiger partial charge in [-0.15, -0.1) is 0 Å². The molecule has 0 unspecified atom stereocenters. The molecule has 0 saturated heterocycles. The van der Waals surface area contributed by atoms with Gasteiger partial charge in [0.15, 0.2) is 3.70 Å². The first kappa shape index (κ1) is 12.7. The Balaban J connectivity index is 3.10. The highest BCUT2D eigenvalue weighted by Crippen LogP contribution is 2.22. The summed E-state index contributed by atoms with van der Waals surface area (Å²) in [6.07, 6.45) is 0.302. The number of amides is 1. The van der Waals surface area contributed by atoms with Crippen LogP contribution in [-0.2, 0) is 4.79 Å². The van der Waals surface area contributed by atoms with Crippen LogP contribution < -0.4 is 5.32 Å². The van der Waals surface area contributed by atoms with Crippen molar-refractivity contribution in [1.29, 1.82) is 0 Å². The van der Waals surface area contributed by atoms with E-state index >= 15 is 0 Å². The molecular formula is C8H9IN4O3. The third-order valence-electron chi connectivity index (χ3n) is 1.77. The van der Waals surface area contributed by atoms with Crippen LogP contribution in [0.1, 0.15) is 19.0 Å². The number of anilines is 1. The van der Waals surface area contributed by atoms with E-state index < -0.39 is 4.92 Å². The van der Waals surface area contributed by atoms with Crippen molar-refractivity contribution in [3.05, 3.63) is 19.5 Å².